The smallest absolute Gasteiger partial charge is 0.147 e. The van der Waals surface area contributed by atoms with Gasteiger partial charge in [0.15, 0.2) is 0 Å². The highest BCUT2D eigenvalue weighted by Gasteiger charge is 2.12. The first kappa shape index (κ1) is 12.0. The fraction of sp³-hybridized carbons (Fsp3) is 0.600. The van der Waals surface area contributed by atoms with Crippen LogP contribution in [0.25, 0.3) is 0 Å². The van der Waals surface area contributed by atoms with Gasteiger partial charge in [-0.2, -0.15) is 0 Å². The molecule has 94 valence electrons. The number of nitrogens with two attached hydrogens (primary N) is 2. The van der Waals surface area contributed by atoms with Gasteiger partial charge in [-0.3, -0.25) is 0 Å². The minimum Gasteiger partial charge on any atom is -0.378 e. The molecule has 0 radical (unpaired) electrons. The van der Waals surface area contributed by atoms with E-state index in [0.29, 0.717) is 12.4 Å². The van der Waals surface area contributed by atoms with Crippen LogP contribution >= 0.6 is 0 Å². The lowest BCUT2D eigenvalue weighted by Gasteiger charge is -2.27. The van der Waals surface area contributed by atoms with Gasteiger partial charge in [-0.15, -0.1) is 0 Å². The van der Waals surface area contributed by atoms with Gasteiger partial charge in [0, 0.05) is 19.6 Å². The molecule has 1 aromatic heterocycles. The summed E-state index contributed by atoms with van der Waals surface area (Å²) in [6.45, 7) is 3.53. The Labute approximate surface area is 100 Å². The number of anilines is 2. The largest absolute Gasteiger partial charge is 0.378 e. The third-order valence-electron chi connectivity index (χ3n) is 2.56. The number of ether oxygens (including phenoxy) is 1. The summed E-state index contributed by atoms with van der Waals surface area (Å²) in [5.74, 6) is 1.50. The third kappa shape index (κ3) is 3.26. The van der Waals surface area contributed by atoms with Gasteiger partial charge in [-0.1, -0.05) is 0 Å². The molecule has 0 spiro atoms. The quantitative estimate of drug-likeness (QED) is 0.576. The van der Waals surface area contributed by atoms with Gasteiger partial charge in [0.1, 0.15) is 11.6 Å². The van der Waals surface area contributed by atoms with Crippen LogP contribution < -0.4 is 21.7 Å². The lowest BCUT2D eigenvalue weighted by atomic mass is 10.4. The summed E-state index contributed by atoms with van der Waals surface area (Å²) < 4.78 is 5.28. The van der Waals surface area contributed by atoms with Crippen molar-refractivity contribution < 1.29 is 4.74 Å². The van der Waals surface area contributed by atoms with Crippen molar-refractivity contribution in [3.05, 3.63) is 12.4 Å². The van der Waals surface area contributed by atoms with E-state index in [9.17, 15) is 0 Å². The molecule has 0 amide bonds. The van der Waals surface area contributed by atoms with Crippen LogP contribution in [0.3, 0.4) is 0 Å². The van der Waals surface area contributed by atoms with Gasteiger partial charge in [0.05, 0.1) is 31.8 Å². The average molecular weight is 238 g/mol. The Morgan fingerprint density at radius 2 is 2.12 bits per heavy atom. The first-order valence-corrected chi connectivity index (χ1v) is 5.66. The Morgan fingerprint density at radius 1 is 1.35 bits per heavy atom. The second-order valence-corrected chi connectivity index (χ2v) is 3.85. The van der Waals surface area contributed by atoms with E-state index < -0.39 is 0 Å². The van der Waals surface area contributed by atoms with Crippen LogP contribution in [0, 0.1) is 0 Å². The van der Waals surface area contributed by atoms with Crippen molar-refractivity contribution >= 4 is 11.6 Å². The number of hydrogen-bond donors (Lipinski definition) is 3. The van der Waals surface area contributed by atoms with Crippen molar-refractivity contribution in [1.82, 2.24) is 9.97 Å². The highest BCUT2D eigenvalue weighted by atomic mass is 16.5. The van der Waals surface area contributed by atoms with E-state index in [1.54, 1.807) is 12.4 Å². The summed E-state index contributed by atoms with van der Waals surface area (Å²) in [6, 6.07) is 0. The number of hydrogen-bond acceptors (Lipinski definition) is 7. The van der Waals surface area contributed by atoms with E-state index in [1.165, 1.54) is 0 Å². The minimum atomic E-state index is -0.293. The van der Waals surface area contributed by atoms with Gasteiger partial charge in [0.25, 0.3) is 0 Å². The zero-order chi connectivity index (χ0) is 12.1. The van der Waals surface area contributed by atoms with Crippen molar-refractivity contribution in [2.45, 2.75) is 6.17 Å². The van der Waals surface area contributed by atoms with Crippen LogP contribution in [0.1, 0.15) is 0 Å². The zero-order valence-electron chi connectivity index (χ0n) is 9.67. The molecule has 0 bridgehead atoms. The molecule has 1 aliphatic rings. The number of nitrogens with zero attached hydrogens (tertiary/aromatic N) is 3. The van der Waals surface area contributed by atoms with Crippen molar-refractivity contribution in [2.75, 3.05) is 43.1 Å². The molecule has 1 aromatic rings. The predicted octanol–water partition coefficient (Wildman–Crippen LogP) is -1.03. The minimum absolute atomic E-state index is 0.293. The van der Waals surface area contributed by atoms with E-state index in [2.05, 4.69) is 20.2 Å². The van der Waals surface area contributed by atoms with E-state index >= 15 is 0 Å². The first-order chi connectivity index (χ1) is 8.29. The van der Waals surface area contributed by atoms with Crippen molar-refractivity contribution in [3.8, 4) is 0 Å². The SMILES string of the molecule is NCC(N)Nc1cnc(N2CCOCC2)cn1. The molecule has 1 fully saturated rings. The maximum Gasteiger partial charge on any atom is 0.147 e. The monoisotopic (exact) mass is 238 g/mol. The van der Waals surface area contributed by atoms with Gasteiger partial charge in [-0.25, -0.2) is 9.97 Å². The maximum atomic E-state index is 5.66. The average Bonchev–Trinajstić information content (AvgIpc) is 2.40. The van der Waals surface area contributed by atoms with Crippen LogP contribution in [0.5, 0.6) is 0 Å². The standard InChI is InChI=1S/C10H18N6O/c11-5-8(12)15-9-6-14-10(7-13-9)16-1-3-17-4-2-16/h6-8H,1-5,11-12H2,(H,13,15). The van der Waals surface area contributed by atoms with E-state index in [0.717, 1.165) is 32.1 Å². The number of morpholine rings is 1. The number of aromatic nitrogens is 2. The summed E-state index contributed by atoms with van der Waals surface area (Å²) >= 11 is 0. The molecule has 17 heavy (non-hydrogen) atoms. The fourth-order valence-electron chi connectivity index (χ4n) is 1.60. The second-order valence-electron chi connectivity index (χ2n) is 3.85. The maximum absolute atomic E-state index is 5.66. The molecule has 7 heteroatoms. The molecule has 7 nitrogen and oxygen atoms in total. The van der Waals surface area contributed by atoms with Gasteiger partial charge in [-0.05, 0) is 0 Å². The first-order valence-electron chi connectivity index (χ1n) is 5.66. The van der Waals surface area contributed by atoms with E-state index in [4.69, 9.17) is 16.2 Å². The summed E-state index contributed by atoms with van der Waals surface area (Å²) in [6.07, 6.45) is 3.11. The van der Waals surface area contributed by atoms with Crippen LogP contribution in [0.2, 0.25) is 0 Å². The van der Waals surface area contributed by atoms with Crippen molar-refractivity contribution in [1.29, 1.82) is 0 Å². The van der Waals surface area contributed by atoms with Crippen molar-refractivity contribution in [2.24, 2.45) is 11.5 Å². The molecule has 1 saturated heterocycles. The van der Waals surface area contributed by atoms with Crippen molar-refractivity contribution in [3.63, 3.8) is 0 Å². The molecule has 2 rings (SSSR count). The molecule has 0 aromatic carbocycles. The van der Waals surface area contributed by atoms with Crippen LogP contribution in [-0.4, -0.2) is 49.0 Å². The lowest BCUT2D eigenvalue weighted by molar-refractivity contribution is 0.122. The molecule has 0 saturated carbocycles. The normalized spacial score (nSPS) is 17.9. The van der Waals surface area contributed by atoms with Gasteiger partial charge in [0.2, 0.25) is 0 Å². The Morgan fingerprint density at radius 3 is 2.71 bits per heavy atom. The Kier molecular flexibility index (Phi) is 4.08. The Balaban J connectivity index is 1.97. The number of rotatable bonds is 4. The summed E-state index contributed by atoms with van der Waals surface area (Å²) in [7, 11) is 0. The summed E-state index contributed by atoms with van der Waals surface area (Å²) in [5, 5.41) is 2.96. The topological polar surface area (TPSA) is 102 Å². The fourth-order valence-corrected chi connectivity index (χ4v) is 1.60. The van der Waals surface area contributed by atoms with Crippen LogP contribution in [-0.2, 0) is 4.74 Å². The summed E-state index contributed by atoms with van der Waals surface area (Å²) in [5.41, 5.74) is 11.1. The van der Waals surface area contributed by atoms with E-state index in [1.807, 2.05) is 0 Å². The molecule has 2 heterocycles. The molecule has 1 atom stereocenters. The van der Waals surface area contributed by atoms with E-state index in [-0.39, 0.29) is 6.17 Å². The Bertz CT molecular complexity index is 337. The van der Waals surface area contributed by atoms with Crippen LogP contribution in [0.4, 0.5) is 11.6 Å². The molecule has 5 N–H and O–H groups in total. The van der Waals surface area contributed by atoms with Crippen LogP contribution in [0.15, 0.2) is 12.4 Å². The lowest BCUT2D eigenvalue weighted by Crippen LogP contribution is -2.38. The highest BCUT2D eigenvalue weighted by Crippen LogP contribution is 2.12. The highest BCUT2D eigenvalue weighted by molar-refractivity contribution is 5.42. The number of nitrogens with one attached hydrogen (secondary N) is 1. The molecule has 1 unspecified atom stereocenters. The molecule has 0 aliphatic carbocycles. The van der Waals surface area contributed by atoms with Gasteiger partial charge < -0.3 is 26.4 Å². The second kappa shape index (κ2) is 5.76. The van der Waals surface area contributed by atoms with Gasteiger partial charge >= 0.3 is 0 Å². The molecule has 1 aliphatic heterocycles. The zero-order valence-corrected chi connectivity index (χ0v) is 9.67. The predicted molar refractivity (Wildman–Crippen MR) is 65.7 cm³/mol. The molecular weight excluding hydrogens is 220 g/mol. The molecular formula is C10H18N6O. The Hall–Kier alpha value is -1.44. The summed E-state index contributed by atoms with van der Waals surface area (Å²) in [4.78, 5) is 10.7. The third-order valence-corrected chi connectivity index (χ3v) is 2.56.